The number of rotatable bonds is 4. The van der Waals surface area contributed by atoms with Crippen molar-refractivity contribution in [1.29, 1.82) is 0 Å². The molecule has 1 aliphatic rings. The number of benzene rings is 2. The summed E-state index contributed by atoms with van der Waals surface area (Å²) >= 11 is 5.47. The summed E-state index contributed by atoms with van der Waals surface area (Å²) in [5, 5.41) is 7.21. The van der Waals surface area contributed by atoms with E-state index >= 15 is 0 Å². The second kappa shape index (κ2) is 7.09. The van der Waals surface area contributed by atoms with Crippen LogP contribution in [-0.4, -0.2) is 11.9 Å². The first-order valence-electron chi connectivity index (χ1n) is 8.11. The Morgan fingerprint density at radius 2 is 1.88 bits per heavy atom. The van der Waals surface area contributed by atoms with E-state index in [1.807, 2.05) is 18.2 Å². The van der Waals surface area contributed by atoms with Crippen LogP contribution in [0, 0.1) is 13.8 Å². The van der Waals surface area contributed by atoms with Crippen LogP contribution in [0.2, 0.25) is 0 Å². The topological polar surface area (TPSA) is 42.5 Å². The molecule has 0 aliphatic carbocycles. The fraction of sp³-hybridized carbons (Fsp3) is 0.316. The summed E-state index contributed by atoms with van der Waals surface area (Å²) in [6, 6.07) is 12.4. The zero-order valence-electron chi connectivity index (χ0n) is 14.2. The van der Waals surface area contributed by atoms with Gasteiger partial charge in [0.25, 0.3) is 0 Å². The molecule has 3 rings (SSSR count). The van der Waals surface area contributed by atoms with Crippen LogP contribution in [0.25, 0.3) is 0 Å². The fourth-order valence-corrected chi connectivity index (χ4v) is 2.96. The smallest absolute Gasteiger partial charge is 0.231 e. The summed E-state index contributed by atoms with van der Waals surface area (Å²) in [5.74, 6) is 1.50. The molecule has 126 valence electrons. The van der Waals surface area contributed by atoms with E-state index in [2.05, 4.69) is 49.6 Å². The molecule has 0 saturated carbocycles. The molecule has 4 nitrogen and oxygen atoms in total. The number of nitrogens with one attached hydrogen (secondary N) is 2. The molecule has 0 radical (unpaired) electrons. The van der Waals surface area contributed by atoms with Gasteiger partial charge in [-0.05, 0) is 61.3 Å². The van der Waals surface area contributed by atoms with Crippen LogP contribution in [0.3, 0.4) is 0 Å². The zero-order chi connectivity index (χ0) is 17.1. The van der Waals surface area contributed by atoms with Gasteiger partial charge in [-0.2, -0.15) is 0 Å². The van der Waals surface area contributed by atoms with Gasteiger partial charge in [-0.25, -0.2) is 0 Å². The van der Waals surface area contributed by atoms with E-state index in [0.29, 0.717) is 5.11 Å². The Balaban J connectivity index is 1.67. The Kier molecular flexibility index (Phi) is 4.90. The zero-order valence-corrected chi connectivity index (χ0v) is 15.0. The molecule has 0 bridgehead atoms. The van der Waals surface area contributed by atoms with Crippen molar-refractivity contribution in [3.8, 4) is 11.5 Å². The summed E-state index contributed by atoms with van der Waals surface area (Å²) in [5.41, 5.74) is 4.72. The van der Waals surface area contributed by atoms with Crippen molar-refractivity contribution in [1.82, 2.24) is 5.32 Å². The molecule has 1 atom stereocenters. The highest BCUT2D eigenvalue weighted by Crippen LogP contribution is 2.34. The average Bonchev–Trinajstić information content (AvgIpc) is 3.03. The van der Waals surface area contributed by atoms with Crippen LogP contribution in [0.15, 0.2) is 36.4 Å². The molecule has 0 aromatic heterocycles. The van der Waals surface area contributed by atoms with Crippen molar-refractivity contribution in [3.63, 3.8) is 0 Å². The van der Waals surface area contributed by atoms with Crippen LogP contribution in [0.5, 0.6) is 11.5 Å². The SMILES string of the molecule is CC[C@@H](NC(=S)Nc1ccc2c(c1)OCO2)c1ccc(C)c(C)c1. The van der Waals surface area contributed by atoms with Crippen molar-refractivity contribution in [2.24, 2.45) is 0 Å². The highest BCUT2D eigenvalue weighted by molar-refractivity contribution is 7.80. The number of hydrogen-bond acceptors (Lipinski definition) is 3. The maximum Gasteiger partial charge on any atom is 0.231 e. The van der Waals surface area contributed by atoms with Crippen molar-refractivity contribution >= 4 is 23.0 Å². The molecule has 1 heterocycles. The van der Waals surface area contributed by atoms with Gasteiger partial charge in [0.15, 0.2) is 16.6 Å². The highest BCUT2D eigenvalue weighted by atomic mass is 32.1. The molecule has 0 spiro atoms. The summed E-state index contributed by atoms with van der Waals surface area (Å²) in [6.07, 6.45) is 0.950. The van der Waals surface area contributed by atoms with Crippen LogP contribution in [0.1, 0.15) is 36.1 Å². The lowest BCUT2D eigenvalue weighted by molar-refractivity contribution is 0.174. The predicted molar refractivity (Wildman–Crippen MR) is 101 cm³/mol. The summed E-state index contributed by atoms with van der Waals surface area (Å²) in [4.78, 5) is 0. The number of anilines is 1. The summed E-state index contributed by atoms with van der Waals surface area (Å²) < 4.78 is 10.7. The van der Waals surface area contributed by atoms with Gasteiger partial charge < -0.3 is 20.1 Å². The minimum absolute atomic E-state index is 0.179. The molecule has 0 amide bonds. The van der Waals surface area contributed by atoms with Gasteiger partial charge in [-0.15, -0.1) is 0 Å². The Morgan fingerprint density at radius 1 is 1.08 bits per heavy atom. The van der Waals surface area contributed by atoms with E-state index in [4.69, 9.17) is 21.7 Å². The first-order chi connectivity index (χ1) is 11.6. The van der Waals surface area contributed by atoms with Gasteiger partial charge in [0, 0.05) is 11.8 Å². The molecule has 0 saturated heterocycles. The largest absolute Gasteiger partial charge is 0.454 e. The lowest BCUT2D eigenvalue weighted by Crippen LogP contribution is -2.32. The Hall–Kier alpha value is -2.27. The molecular formula is C19H22N2O2S. The highest BCUT2D eigenvalue weighted by Gasteiger charge is 2.15. The Morgan fingerprint density at radius 3 is 2.62 bits per heavy atom. The Labute approximate surface area is 148 Å². The van der Waals surface area contributed by atoms with E-state index in [9.17, 15) is 0 Å². The molecular weight excluding hydrogens is 320 g/mol. The maximum atomic E-state index is 5.47. The lowest BCUT2D eigenvalue weighted by atomic mass is 9.99. The average molecular weight is 342 g/mol. The first kappa shape index (κ1) is 16.6. The third kappa shape index (κ3) is 3.62. The van der Waals surface area contributed by atoms with Gasteiger partial charge >= 0.3 is 0 Å². The van der Waals surface area contributed by atoms with E-state index in [0.717, 1.165) is 23.6 Å². The molecule has 0 unspecified atom stereocenters. The van der Waals surface area contributed by atoms with Crippen molar-refractivity contribution in [2.45, 2.75) is 33.2 Å². The van der Waals surface area contributed by atoms with E-state index in [-0.39, 0.29) is 12.8 Å². The van der Waals surface area contributed by atoms with Crippen LogP contribution < -0.4 is 20.1 Å². The van der Waals surface area contributed by atoms with Crippen LogP contribution >= 0.6 is 12.2 Å². The van der Waals surface area contributed by atoms with Crippen molar-refractivity contribution in [3.05, 3.63) is 53.1 Å². The first-order valence-corrected chi connectivity index (χ1v) is 8.52. The second-order valence-electron chi connectivity index (χ2n) is 5.97. The lowest BCUT2D eigenvalue weighted by Gasteiger charge is -2.21. The quantitative estimate of drug-likeness (QED) is 0.803. The number of aryl methyl sites for hydroxylation is 2. The van der Waals surface area contributed by atoms with Gasteiger partial charge in [-0.3, -0.25) is 0 Å². The maximum absolute atomic E-state index is 5.47. The van der Waals surface area contributed by atoms with E-state index < -0.39 is 0 Å². The Bertz CT molecular complexity index is 761. The molecule has 2 aromatic carbocycles. The third-order valence-corrected chi connectivity index (χ3v) is 4.50. The number of ether oxygens (including phenoxy) is 2. The number of fused-ring (bicyclic) bond motifs is 1. The summed E-state index contributed by atoms with van der Waals surface area (Å²) in [6.45, 7) is 6.68. The number of hydrogen-bond donors (Lipinski definition) is 2. The van der Waals surface area contributed by atoms with Crippen LogP contribution in [-0.2, 0) is 0 Å². The normalized spacial score (nSPS) is 13.5. The molecule has 5 heteroatoms. The van der Waals surface area contributed by atoms with Crippen LogP contribution in [0.4, 0.5) is 5.69 Å². The van der Waals surface area contributed by atoms with Crippen molar-refractivity contribution in [2.75, 3.05) is 12.1 Å². The fourth-order valence-electron chi connectivity index (χ4n) is 2.70. The van der Waals surface area contributed by atoms with Gasteiger partial charge in [0.05, 0.1) is 6.04 Å². The molecule has 2 aromatic rings. The summed E-state index contributed by atoms with van der Waals surface area (Å²) in [7, 11) is 0. The molecule has 0 fully saturated rings. The minimum Gasteiger partial charge on any atom is -0.454 e. The molecule has 24 heavy (non-hydrogen) atoms. The van der Waals surface area contributed by atoms with Gasteiger partial charge in [0.2, 0.25) is 6.79 Å². The van der Waals surface area contributed by atoms with E-state index in [1.165, 1.54) is 16.7 Å². The monoisotopic (exact) mass is 342 g/mol. The molecule has 2 N–H and O–H groups in total. The van der Waals surface area contributed by atoms with Crippen molar-refractivity contribution < 1.29 is 9.47 Å². The third-order valence-electron chi connectivity index (χ3n) is 4.28. The number of thiocarbonyl (C=S) groups is 1. The minimum atomic E-state index is 0.179. The van der Waals surface area contributed by atoms with Gasteiger partial charge in [-0.1, -0.05) is 25.1 Å². The van der Waals surface area contributed by atoms with E-state index in [1.54, 1.807) is 0 Å². The standard InChI is InChI=1S/C19H22N2O2S/c1-4-16(14-6-5-12(2)13(3)9-14)21-19(24)20-15-7-8-17-18(10-15)23-11-22-17/h5-10,16H,4,11H2,1-3H3,(H2,20,21,24)/t16-/m1/s1. The predicted octanol–water partition coefficient (Wildman–Crippen LogP) is 4.47. The van der Waals surface area contributed by atoms with Gasteiger partial charge in [0.1, 0.15) is 0 Å². The second-order valence-corrected chi connectivity index (χ2v) is 6.38. The molecule has 1 aliphatic heterocycles.